The van der Waals surface area contributed by atoms with Crippen molar-refractivity contribution >= 4 is 34.4 Å². The van der Waals surface area contributed by atoms with Gasteiger partial charge in [-0.3, -0.25) is 4.79 Å². The van der Waals surface area contributed by atoms with Gasteiger partial charge in [-0.25, -0.2) is 19.6 Å². The molecule has 0 saturated heterocycles. The summed E-state index contributed by atoms with van der Waals surface area (Å²) in [7, 11) is 3.45. The number of aromatic nitrogens is 5. The molecule has 0 spiro atoms. The zero-order valence-corrected chi connectivity index (χ0v) is 20.2. The van der Waals surface area contributed by atoms with E-state index >= 15 is 0 Å². The topological polar surface area (TPSA) is 94.8 Å². The predicted octanol–water partition coefficient (Wildman–Crippen LogP) is 4.41. The molecule has 4 rings (SSSR count). The second-order valence-corrected chi connectivity index (χ2v) is 8.83. The van der Waals surface area contributed by atoms with E-state index in [0.717, 1.165) is 44.0 Å². The van der Waals surface area contributed by atoms with E-state index in [4.69, 9.17) is 9.72 Å². The Morgan fingerprint density at radius 3 is 2.64 bits per heavy atom. The Morgan fingerprint density at radius 2 is 1.94 bits per heavy atom. The molecule has 170 valence electrons. The van der Waals surface area contributed by atoms with Crippen LogP contribution in [0.4, 0.5) is 5.69 Å². The number of hydrogen-bond donors (Lipinski definition) is 1. The van der Waals surface area contributed by atoms with Gasteiger partial charge in [0, 0.05) is 42.1 Å². The molecule has 1 N–H and O–H groups in total. The first-order chi connectivity index (χ1) is 15.9. The first-order valence-corrected chi connectivity index (χ1v) is 11.4. The molecule has 0 unspecified atom stereocenters. The lowest BCUT2D eigenvalue weighted by molar-refractivity contribution is -0.116. The number of nitrogens with zero attached hydrogens (tertiary/aromatic N) is 5. The van der Waals surface area contributed by atoms with Gasteiger partial charge < -0.3 is 10.1 Å². The predicted molar refractivity (Wildman–Crippen MR) is 129 cm³/mol. The Morgan fingerprint density at radius 1 is 1.18 bits per heavy atom. The first kappa shape index (κ1) is 22.7. The quantitative estimate of drug-likeness (QED) is 0.406. The molecule has 3 aromatic heterocycles. The molecule has 33 heavy (non-hydrogen) atoms. The summed E-state index contributed by atoms with van der Waals surface area (Å²) < 4.78 is 7.15. The normalized spacial score (nSPS) is 11.1. The molecule has 0 aliphatic heterocycles. The number of anilines is 1. The van der Waals surface area contributed by atoms with Gasteiger partial charge in [0.25, 0.3) is 0 Å². The van der Waals surface area contributed by atoms with Crippen LogP contribution < -0.4 is 10.1 Å². The van der Waals surface area contributed by atoms with Crippen LogP contribution >= 0.6 is 11.8 Å². The Labute approximate surface area is 196 Å². The number of amides is 1. The zero-order chi connectivity index (χ0) is 23.5. The molecule has 1 aromatic carbocycles. The van der Waals surface area contributed by atoms with Crippen molar-refractivity contribution in [3.05, 3.63) is 59.0 Å². The van der Waals surface area contributed by atoms with E-state index in [2.05, 4.69) is 20.4 Å². The highest BCUT2D eigenvalue weighted by Gasteiger charge is 2.18. The second kappa shape index (κ2) is 9.58. The van der Waals surface area contributed by atoms with E-state index in [0.29, 0.717) is 23.9 Å². The number of methoxy groups -OCH3 is 1. The van der Waals surface area contributed by atoms with E-state index in [1.165, 1.54) is 11.8 Å². The maximum absolute atomic E-state index is 12.7. The van der Waals surface area contributed by atoms with Gasteiger partial charge in [0.15, 0.2) is 10.8 Å². The van der Waals surface area contributed by atoms with Gasteiger partial charge in [0.05, 0.1) is 12.5 Å². The Balaban J connectivity index is 1.45. The van der Waals surface area contributed by atoms with Crippen molar-refractivity contribution < 1.29 is 9.53 Å². The number of rotatable bonds is 7. The fraction of sp³-hybridized carbons (Fsp3) is 0.292. The summed E-state index contributed by atoms with van der Waals surface area (Å²) in [6.07, 6.45) is 4.38. The van der Waals surface area contributed by atoms with Gasteiger partial charge in [-0.2, -0.15) is 0 Å². The highest BCUT2D eigenvalue weighted by molar-refractivity contribution is 7.99. The monoisotopic (exact) mass is 462 g/mol. The molecule has 0 saturated carbocycles. The first-order valence-electron chi connectivity index (χ1n) is 10.6. The van der Waals surface area contributed by atoms with Crippen molar-refractivity contribution in [1.82, 2.24) is 24.7 Å². The van der Waals surface area contributed by atoms with Crippen LogP contribution in [0.5, 0.6) is 5.88 Å². The molecule has 0 bridgehead atoms. The molecule has 9 heteroatoms. The highest BCUT2D eigenvalue weighted by Crippen LogP contribution is 2.31. The maximum atomic E-state index is 12.7. The van der Waals surface area contributed by atoms with Gasteiger partial charge in [0.2, 0.25) is 11.8 Å². The maximum Gasteiger partial charge on any atom is 0.242 e. The van der Waals surface area contributed by atoms with Gasteiger partial charge in [0.1, 0.15) is 0 Å². The molecule has 3 heterocycles. The Kier molecular flexibility index (Phi) is 6.60. The minimum Gasteiger partial charge on any atom is -0.479 e. The second-order valence-electron chi connectivity index (χ2n) is 7.79. The summed E-state index contributed by atoms with van der Waals surface area (Å²) in [5, 5.41) is 9.01. The summed E-state index contributed by atoms with van der Waals surface area (Å²) in [4.78, 5) is 26.9. The molecular weight excluding hydrogens is 436 g/mol. The molecule has 0 radical (unpaired) electrons. The molecule has 1 amide bonds. The molecule has 0 aliphatic rings. The number of fused-ring (bicyclic) bond motifs is 1. The van der Waals surface area contributed by atoms with E-state index in [1.54, 1.807) is 30.3 Å². The number of nitrogens with one attached hydrogen (secondary N) is 1. The van der Waals surface area contributed by atoms with Crippen LogP contribution in [-0.2, 0) is 18.3 Å². The summed E-state index contributed by atoms with van der Waals surface area (Å²) in [6, 6.07) is 7.70. The highest BCUT2D eigenvalue weighted by atomic mass is 32.2. The van der Waals surface area contributed by atoms with Crippen molar-refractivity contribution in [2.24, 2.45) is 7.05 Å². The molecule has 8 nitrogen and oxygen atoms in total. The fourth-order valence-corrected chi connectivity index (χ4v) is 4.65. The zero-order valence-electron chi connectivity index (χ0n) is 19.3. The summed E-state index contributed by atoms with van der Waals surface area (Å²) in [6.45, 7) is 5.98. The third-order valence-electron chi connectivity index (χ3n) is 5.54. The van der Waals surface area contributed by atoms with Crippen LogP contribution in [0.15, 0.2) is 46.7 Å². The number of benzene rings is 1. The van der Waals surface area contributed by atoms with Crippen LogP contribution in [0.1, 0.15) is 28.8 Å². The van der Waals surface area contributed by atoms with Crippen molar-refractivity contribution in [1.29, 1.82) is 0 Å². The summed E-state index contributed by atoms with van der Waals surface area (Å²) >= 11 is 1.49. The summed E-state index contributed by atoms with van der Waals surface area (Å²) in [5.41, 5.74) is 5.57. The molecule has 0 atom stereocenters. The Hall–Kier alpha value is -3.46. The molecule has 0 aliphatic carbocycles. The van der Waals surface area contributed by atoms with Gasteiger partial charge >= 0.3 is 0 Å². The van der Waals surface area contributed by atoms with Crippen LogP contribution in [0, 0.1) is 20.8 Å². The third-order valence-corrected chi connectivity index (χ3v) is 6.42. The van der Waals surface area contributed by atoms with Crippen molar-refractivity contribution in [2.45, 2.75) is 43.7 Å². The SMILES string of the molecule is COc1nn(C)c2nc(C)c(CCC(=O)Nc3ccc(Sc4ncccn4)cc3C)c(C)c12. The number of ether oxygens (including phenoxy) is 1. The lowest BCUT2D eigenvalue weighted by Gasteiger charge is -2.13. The van der Waals surface area contributed by atoms with E-state index in [9.17, 15) is 4.79 Å². The molecule has 4 aromatic rings. The number of carbonyl (C=O) groups excluding carboxylic acids is 1. The lowest BCUT2D eigenvalue weighted by Crippen LogP contribution is -2.14. The van der Waals surface area contributed by atoms with Gasteiger partial charge in [-0.1, -0.05) is 0 Å². The van der Waals surface area contributed by atoms with Gasteiger partial charge in [-0.05, 0) is 79.9 Å². The summed E-state index contributed by atoms with van der Waals surface area (Å²) in [5.74, 6) is 0.514. The minimum absolute atomic E-state index is 0.0399. The van der Waals surface area contributed by atoms with Crippen LogP contribution in [0.2, 0.25) is 0 Å². The lowest BCUT2D eigenvalue weighted by atomic mass is 10.00. The van der Waals surface area contributed by atoms with Crippen molar-refractivity contribution in [3.63, 3.8) is 0 Å². The van der Waals surface area contributed by atoms with Gasteiger partial charge in [-0.15, -0.1) is 5.10 Å². The minimum atomic E-state index is -0.0399. The molecule has 0 fully saturated rings. The van der Waals surface area contributed by atoms with Crippen LogP contribution in [0.3, 0.4) is 0 Å². The van der Waals surface area contributed by atoms with Crippen LogP contribution in [-0.4, -0.2) is 37.7 Å². The largest absolute Gasteiger partial charge is 0.479 e. The Bertz CT molecular complexity index is 1320. The smallest absolute Gasteiger partial charge is 0.242 e. The van der Waals surface area contributed by atoms with Crippen molar-refractivity contribution in [2.75, 3.05) is 12.4 Å². The van der Waals surface area contributed by atoms with Crippen LogP contribution in [0.25, 0.3) is 11.0 Å². The van der Waals surface area contributed by atoms with Crippen molar-refractivity contribution in [3.8, 4) is 5.88 Å². The third kappa shape index (κ3) is 4.83. The number of carbonyl (C=O) groups is 1. The molecular formula is C24H26N6O2S. The average molecular weight is 463 g/mol. The number of aryl methyl sites for hydroxylation is 4. The fourth-order valence-electron chi connectivity index (χ4n) is 3.84. The van der Waals surface area contributed by atoms with E-state index in [-0.39, 0.29) is 5.91 Å². The number of pyridine rings is 1. The number of hydrogen-bond acceptors (Lipinski definition) is 7. The standard InChI is InChI=1S/C24H26N6O2S/c1-14-13-17(33-24-25-11-6-12-26-24)7-9-19(14)28-20(31)10-8-18-15(2)21-22(27-16(18)3)30(4)29-23(21)32-5/h6-7,9,11-13H,8,10H2,1-5H3,(H,28,31). The van der Waals surface area contributed by atoms with E-state index in [1.807, 2.05) is 46.0 Å². The average Bonchev–Trinajstić information content (AvgIpc) is 3.11. The van der Waals surface area contributed by atoms with E-state index < -0.39 is 0 Å².